The number of carbonyl (C=O) groups is 1. The first-order chi connectivity index (χ1) is 11.3. The molecule has 4 rings (SSSR count). The van der Waals surface area contributed by atoms with E-state index < -0.39 is 0 Å². The third-order valence-corrected chi connectivity index (χ3v) is 4.58. The van der Waals surface area contributed by atoms with Crippen molar-refractivity contribution in [1.29, 1.82) is 0 Å². The Kier molecular flexibility index (Phi) is 3.66. The zero-order valence-electron chi connectivity index (χ0n) is 13.0. The molecule has 23 heavy (non-hydrogen) atoms. The highest BCUT2D eigenvalue weighted by molar-refractivity contribution is 6.06. The Morgan fingerprint density at radius 3 is 2.61 bits per heavy atom. The maximum atomic E-state index is 12.1. The molecule has 2 N–H and O–H groups in total. The van der Waals surface area contributed by atoms with Crippen molar-refractivity contribution in [3.05, 3.63) is 42.5 Å². The lowest BCUT2D eigenvalue weighted by molar-refractivity contribution is 0.244. The van der Waals surface area contributed by atoms with E-state index in [-0.39, 0.29) is 6.03 Å². The number of rotatable bonds is 2. The highest BCUT2D eigenvalue weighted by Gasteiger charge is 2.16. The fraction of sp³-hybridized carbons (Fsp3) is 0.316. The predicted octanol–water partition coefficient (Wildman–Crippen LogP) is 5.04. The standard InChI is InChI=1S/C19H20N2O2/c22-19(20-13-6-2-1-3-7-13)21-14-10-11-16-15-8-4-5-9-17(15)23-18(16)12-14/h4-5,8-13H,1-3,6-7H2,(H2,20,21,22). The zero-order chi connectivity index (χ0) is 15.6. The number of urea groups is 1. The minimum Gasteiger partial charge on any atom is -0.456 e. The van der Waals surface area contributed by atoms with Gasteiger partial charge in [-0.1, -0.05) is 37.5 Å². The number of para-hydroxylation sites is 1. The van der Waals surface area contributed by atoms with E-state index in [9.17, 15) is 4.79 Å². The van der Waals surface area contributed by atoms with Crippen LogP contribution in [0.5, 0.6) is 0 Å². The molecule has 0 bridgehead atoms. The summed E-state index contributed by atoms with van der Waals surface area (Å²) < 4.78 is 5.85. The van der Waals surface area contributed by atoms with Gasteiger partial charge in [-0.3, -0.25) is 0 Å². The van der Waals surface area contributed by atoms with Gasteiger partial charge in [0.1, 0.15) is 11.2 Å². The fourth-order valence-electron chi connectivity index (χ4n) is 3.40. The number of fused-ring (bicyclic) bond motifs is 3. The number of hydrogen-bond donors (Lipinski definition) is 2. The fourth-order valence-corrected chi connectivity index (χ4v) is 3.40. The summed E-state index contributed by atoms with van der Waals surface area (Å²) in [6.45, 7) is 0. The van der Waals surface area contributed by atoms with E-state index in [2.05, 4.69) is 10.6 Å². The third kappa shape index (κ3) is 2.89. The molecule has 0 unspecified atom stereocenters. The molecule has 0 radical (unpaired) electrons. The number of carbonyl (C=O) groups excluding carboxylic acids is 1. The smallest absolute Gasteiger partial charge is 0.319 e. The summed E-state index contributed by atoms with van der Waals surface area (Å²) in [5, 5.41) is 8.14. The van der Waals surface area contributed by atoms with E-state index in [1.165, 1.54) is 19.3 Å². The first-order valence-electron chi connectivity index (χ1n) is 8.28. The van der Waals surface area contributed by atoms with Gasteiger partial charge in [0.25, 0.3) is 0 Å². The maximum Gasteiger partial charge on any atom is 0.319 e. The second-order valence-electron chi connectivity index (χ2n) is 6.24. The Morgan fingerprint density at radius 2 is 1.74 bits per heavy atom. The highest BCUT2D eigenvalue weighted by atomic mass is 16.3. The second kappa shape index (κ2) is 5.95. The SMILES string of the molecule is O=C(Nc1ccc2c(c1)oc1ccccc12)NC1CCCCC1. The topological polar surface area (TPSA) is 54.3 Å². The van der Waals surface area contributed by atoms with Crippen molar-refractivity contribution in [3.8, 4) is 0 Å². The van der Waals surface area contributed by atoms with Gasteiger partial charge in [-0.25, -0.2) is 4.79 Å². The molecule has 1 saturated carbocycles. The highest BCUT2D eigenvalue weighted by Crippen LogP contribution is 2.30. The Morgan fingerprint density at radius 1 is 0.957 bits per heavy atom. The zero-order valence-corrected chi connectivity index (χ0v) is 13.0. The first kappa shape index (κ1) is 14.1. The Labute approximate surface area is 134 Å². The molecule has 4 nitrogen and oxygen atoms in total. The van der Waals surface area contributed by atoms with Crippen molar-refractivity contribution in [2.75, 3.05) is 5.32 Å². The summed E-state index contributed by atoms with van der Waals surface area (Å²) in [6.07, 6.45) is 5.85. The lowest BCUT2D eigenvalue weighted by atomic mass is 9.96. The van der Waals surface area contributed by atoms with Crippen molar-refractivity contribution in [1.82, 2.24) is 5.32 Å². The lowest BCUT2D eigenvalue weighted by Crippen LogP contribution is -2.38. The number of nitrogens with one attached hydrogen (secondary N) is 2. The maximum absolute atomic E-state index is 12.1. The molecular weight excluding hydrogens is 288 g/mol. The summed E-state index contributed by atoms with van der Waals surface area (Å²) >= 11 is 0. The Balaban J connectivity index is 1.52. The summed E-state index contributed by atoms with van der Waals surface area (Å²) in [6, 6.07) is 13.9. The summed E-state index contributed by atoms with van der Waals surface area (Å²) in [4.78, 5) is 12.1. The molecule has 1 aliphatic carbocycles. The van der Waals surface area contributed by atoms with Crippen molar-refractivity contribution in [2.24, 2.45) is 0 Å². The first-order valence-corrected chi connectivity index (χ1v) is 8.28. The Hall–Kier alpha value is -2.49. The van der Waals surface area contributed by atoms with Gasteiger partial charge < -0.3 is 15.1 Å². The molecule has 118 valence electrons. The number of anilines is 1. The number of hydrogen-bond acceptors (Lipinski definition) is 2. The van der Waals surface area contributed by atoms with Crippen LogP contribution in [0.2, 0.25) is 0 Å². The average Bonchev–Trinajstić information content (AvgIpc) is 2.93. The molecule has 1 heterocycles. The molecule has 0 saturated heterocycles. The van der Waals surface area contributed by atoms with Crippen LogP contribution in [0, 0.1) is 0 Å². The van der Waals surface area contributed by atoms with Crippen LogP contribution in [0.1, 0.15) is 32.1 Å². The van der Waals surface area contributed by atoms with Crippen LogP contribution in [-0.2, 0) is 0 Å². The minimum atomic E-state index is -0.132. The van der Waals surface area contributed by atoms with E-state index in [1.54, 1.807) is 0 Å². The predicted molar refractivity (Wildman–Crippen MR) is 92.7 cm³/mol. The summed E-state index contributed by atoms with van der Waals surface area (Å²) in [7, 11) is 0. The average molecular weight is 308 g/mol. The molecule has 2 aromatic carbocycles. The molecule has 4 heteroatoms. The van der Waals surface area contributed by atoms with Crippen molar-refractivity contribution < 1.29 is 9.21 Å². The number of benzene rings is 2. The normalized spacial score (nSPS) is 15.8. The Bertz CT molecular complexity index is 847. The van der Waals surface area contributed by atoms with Crippen molar-refractivity contribution in [3.63, 3.8) is 0 Å². The van der Waals surface area contributed by atoms with Gasteiger partial charge >= 0.3 is 6.03 Å². The van der Waals surface area contributed by atoms with Crippen LogP contribution < -0.4 is 10.6 Å². The largest absolute Gasteiger partial charge is 0.456 e. The van der Waals surface area contributed by atoms with Crippen LogP contribution in [0.4, 0.5) is 10.5 Å². The van der Waals surface area contributed by atoms with Gasteiger partial charge in [0, 0.05) is 28.6 Å². The van der Waals surface area contributed by atoms with Crippen molar-refractivity contribution in [2.45, 2.75) is 38.1 Å². The van der Waals surface area contributed by atoms with E-state index in [0.717, 1.165) is 40.5 Å². The number of furan rings is 1. The molecule has 2 amide bonds. The molecule has 0 spiro atoms. The van der Waals surface area contributed by atoms with E-state index >= 15 is 0 Å². The quantitative estimate of drug-likeness (QED) is 0.697. The van der Waals surface area contributed by atoms with Crippen LogP contribution in [-0.4, -0.2) is 12.1 Å². The third-order valence-electron chi connectivity index (χ3n) is 4.58. The molecule has 0 aliphatic heterocycles. The van der Waals surface area contributed by atoms with Gasteiger partial charge in [0.2, 0.25) is 0 Å². The minimum absolute atomic E-state index is 0.132. The van der Waals surface area contributed by atoms with Gasteiger partial charge in [-0.05, 0) is 31.0 Å². The molecular formula is C19H20N2O2. The molecule has 1 aliphatic rings. The monoisotopic (exact) mass is 308 g/mol. The van der Waals surface area contributed by atoms with Crippen LogP contribution >= 0.6 is 0 Å². The van der Waals surface area contributed by atoms with E-state index in [0.29, 0.717) is 6.04 Å². The van der Waals surface area contributed by atoms with Gasteiger partial charge in [0.15, 0.2) is 0 Å². The van der Waals surface area contributed by atoms with E-state index in [4.69, 9.17) is 4.42 Å². The lowest BCUT2D eigenvalue weighted by Gasteiger charge is -2.22. The van der Waals surface area contributed by atoms with Crippen LogP contribution in [0.3, 0.4) is 0 Å². The summed E-state index contributed by atoms with van der Waals surface area (Å²) in [5.41, 5.74) is 2.41. The van der Waals surface area contributed by atoms with Crippen LogP contribution in [0.25, 0.3) is 21.9 Å². The van der Waals surface area contributed by atoms with Crippen LogP contribution in [0.15, 0.2) is 46.9 Å². The van der Waals surface area contributed by atoms with Gasteiger partial charge in [-0.2, -0.15) is 0 Å². The molecule has 3 aromatic rings. The molecule has 1 aromatic heterocycles. The van der Waals surface area contributed by atoms with Gasteiger partial charge in [0.05, 0.1) is 0 Å². The van der Waals surface area contributed by atoms with Crippen molar-refractivity contribution >= 4 is 33.7 Å². The summed E-state index contributed by atoms with van der Waals surface area (Å²) in [5.74, 6) is 0. The van der Waals surface area contributed by atoms with Gasteiger partial charge in [-0.15, -0.1) is 0 Å². The number of amides is 2. The molecule has 1 fully saturated rings. The van der Waals surface area contributed by atoms with E-state index in [1.807, 2.05) is 42.5 Å². The second-order valence-corrected chi connectivity index (χ2v) is 6.24. The molecule has 0 atom stereocenters.